The van der Waals surface area contributed by atoms with Crippen molar-refractivity contribution in [3.63, 3.8) is 0 Å². The number of halogens is 1. The quantitative estimate of drug-likeness (QED) is 0.350. The Hall–Kier alpha value is -4.18. The number of benzene rings is 2. The van der Waals surface area contributed by atoms with Crippen LogP contribution in [-0.4, -0.2) is 81.6 Å². The van der Waals surface area contributed by atoms with Crippen molar-refractivity contribution in [3.8, 4) is 22.9 Å². The number of H-pyrrole nitrogens is 1. The van der Waals surface area contributed by atoms with Crippen LogP contribution in [0.15, 0.2) is 65.8 Å². The third kappa shape index (κ3) is 5.97. The number of allylic oxidation sites excluding steroid dienone is 2. The molecule has 1 N–H and O–H groups in total. The van der Waals surface area contributed by atoms with E-state index < -0.39 is 0 Å². The Kier molecular flexibility index (Phi) is 8.68. The van der Waals surface area contributed by atoms with E-state index in [2.05, 4.69) is 45.4 Å². The summed E-state index contributed by atoms with van der Waals surface area (Å²) in [6.45, 7) is 5.29. The zero-order valence-electron chi connectivity index (χ0n) is 23.6. The van der Waals surface area contributed by atoms with Gasteiger partial charge in [0, 0.05) is 24.9 Å². The van der Waals surface area contributed by atoms with Gasteiger partial charge in [-0.15, -0.1) is 10.2 Å². The Morgan fingerprint density at radius 1 is 1.15 bits per heavy atom. The van der Waals surface area contributed by atoms with Crippen molar-refractivity contribution in [1.29, 1.82) is 0 Å². The number of fused-ring (bicyclic) bond motifs is 1. The maximum Gasteiger partial charge on any atom is 0.255 e. The molecule has 41 heavy (non-hydrogen) atoms. The number of amides is 1. The monoisotopic (exact) mass is 575 g/mol. The van der Waals surface area contributed by atoms with Gasteiger partial charge in [0.05, 0.1) is 36.9 Å². The minimum atomic E-state index is -0.189. The third-order valence-corrected chi connectivity index (χ3v) is 7.76. The molecular formula is C30H34ClN7O3. The van der Waals surface area contributed by atoms with E-state index >= 15 is 0 Å². The van der Waals surface area contributed by atoms with Crippen molar-refractivity contribution in [2.45, 2.75) is 38.8 Å². The maximum atomic E-state index is 14.1. The molecule has 10 nitrogen and oxygen atoms in total. The first kappa shape index (κ1) is 28.4. The van der Waals surface area contributed by atoms with Gasteiger partial charge in [-0.05, 0) is 53.8 Å². The van der Waals surface area contributed by atoms with Crippen molar-refractivity contribution in [2.75, 3.05) is 27.3 Å². The molecule has 0 saturated carbocycles. The van der Waals surface area contributed by atoms with Crippen molar-refractivity contribution < 1.29 is 14.3 Å². The maximum absolute atomic E-state index is 14.1. The highest BCUT2D eigenvalue weighted by atomic mass is 35.5. The van der Waals surface area contributed by atoms with Gasteiger partial charge in [-0.2, -0.15) is 5.21 Å². The lowest BCUT2D eigenvalue weighted by atomic mass is 9.94. The fraction of sp³-hybridized carbons (Fsp3) is 0.367. The molecule has 2 aliphatic heterocycles. The van der Waals surface area contributed by atoms with E-state index in [9.17, 15) is 4.79 Å². The van der Waals surface area contributed by atoms with Gasteiger partial charge in [0.15, 0.2) is 11.5 Å². The molecule has 1 amide bonds. The van der Waals surface area contributed by atoms with Gasteiger partial charge in [0.25, 0.3) is 5.91 Å². The molecule has 2 aliphatic rings. The molecule has 2 aromatic carbocycles. The minimum Gasteiger partial charge on any atom is -0.493 e. The molecule has 0 fully saturated rings. The molecule has 5 rings (SSSR count). The molecule has 0 radical (unpaired) electrons. The van der Waals surface area contributed by atoms with Crippen LogP contribution in [0.3, 0.4) is 0 Å². The highest BCUT2D eigenvalue weighted by Crippen LogP contribution is 2.38. The molecular weight excluding hydrogens is 542 g/mol. The van der Waals surface area contributed by atoms with Gasteiger partial charge in [-0.1, -0.05) is 55.8 Å². The van der Waals surface area contributed by atoms with E-state index in [0.29, 0.717) is 48.3 Å². The number of ether oxygens (including phenoxy) is 2. The third-order valence-electron chi connectivity index (χ3n) is 7.39. The van der Waals surface area contributed by atoms with Crippen LogP contribution in [0.1, 0.15) is 36.2 Å². The fourth-order valence-electron chi connectivity index (χ4n) is 5.23. The SMILES string of the molecule is COc1ccc(C(=O)N(CCC(C)C)CC2N=C3C=CC=CN3C2Cc2ccccc2-c2nn[nH]n2)c(Cl)c1OC. The number of methoxy groups -OCH3 is 2. The van der Waals surface area contributed by atoms with E-state index in [1.807, 2.05) is 47.5 Å². The average molecular weight is 576 g/mol. The highest BCUT2D eigenvalue weighted by molar-refractivity contribution is 6.35. The first-order valence-corrected chi connectivity index (χ1v) is 14.0. The van der Waals surface area contributed by atoms with E-state index in [1.165, 1.54) is 7.11 Å². The van der Waals surface area contributed by atoms with Crippen LogP contribution >= 0.6 is 11.6 Å². The number of carbonyl (C=O) groups excluding carboxylic acids is 1. The number of hydrogen-bond acceptors (Lipinski definition) is 8. The molecule has 2 unspecified atom stereocenters. The second-order valence-electron chi connectivity index (χ2n) is 10.4. The Labute approximate surface area is 244 Å². The molecule has 0 aliphatic carbocycles. The summed E-state index contributed by atoms with van der Waals surface area (Å²) >= 11 is 6.69. The molecule has 0 spiro atoms. The Bertz CT molecular complexity index is 1470. The van der Waals surface area contributed by atoms with E-state index in [1.54, 1.807) is 19.2 Å². The van der Waals surface area contributed by atoms with Crippen LogP contribution in [0.4, 0.5) is 0 Å². The smallest absolute Gasteiger partial charge is 0.255 e. The second-order valence-corrected chi connectivity index (χ2v) is 10.8. The van der Waals surface area contributed by atoms with Gasteiger partial charge >= 0.3 is 0 Å². The predicted octanol–water partition coefficient (Wildman–Crippen LogP) is 4.80. The lowest BCUT2D eigenvalue weighted by Gasteiger charge is -2.32. The predicted molar refractivity (Wildman–Crippen MR) is 158 cm³/mol. The Balaban J connectivity index is 1.47. The molecule has 3 aromatic rings. The number of nitrogens with one attached hydrogen (secondary N) is 1. The van der Waals surface area contributed by atoms with Crippen molar-refractivity contribution in [1.82, 2.24) is 30.4 Å². The number of carbonyl (C=O) groups is 1. The summed E-state index contributed by atoms with van der Waals surface area (Å²) in [5.74, 6) is 2.48. The van der Waals surface area contributed by atoms with Crippen LogP contribution in [0.2, 0.25) is 5.02 Å². The zero-order chi connectivity index (χ0) is 28.9. The number of aliphatic imine (C=N–C) groups is 1. The Morgan fingerprint density at radius 2 is 1.98 bits per heavy atom. The first-order valence-electron chi connectivity index (χ1n) is 13.6. The number of aromatic nitrogens is 4. The van der Waals surface area contributed by atoms with Gasteiger partial charge in [-0.3, -0.25) is 9.79 Å². The Morgan fingerprint density at radius 3 is 2.71 bits per heavy atom. The van der Waals surface area contributed by atoms with Gasteiger partial charge in [0.2, 0.25) is 5.82 Å². The summed E-state index contributed by atoms with van der Waals surface area (Å²) in [6, 6.07) is 11.2. The second kappa shape index (κ2) is 12.6. The number of tetrazole rings is 1. The molecule has 11 heteroatoms. The molecule has 0 bridgehead atoms. The summed E-state index contributed by atoms with van der Waals surface area (Å²) in [5, 5.41) is 14.9. The summed E-state index contributed by atoms with van der Waals surface area (Å²) in [6.07, 6.45) is 9.55. The van der Waals surface area contributed by atoms with Crippen molar-refractivity contribution in [3.05, 3.63) is 77.0 Å². The van der Waals surface area contributed by atoms with Crippen LogP contribution in [-0.2, 0) is 6.42 Å². The zero-order valence-corrected chi connectivity index (χ0v) is 24.4. The van der Waals surface area contributed by atoms with Gasteiger partial charge < -0.3 is 19.3 Å². The minimum absolute atomic E-state index is 0.0329. The average Bonchev–Trinajstić information content (AvgIpc) is 3.63. The standard InChI is InChI=1S/C30H34ClN7O3/c1-19(2)14-16-37(30(39)22-12-13-25(40-3)28(41-4)27(22)31)18-23-24(38-15-8-7-11-26(38)32-23)17-20-9-5-6-10-21(20)29-33-35-36-34-29/h5-13,15,19,23-24H,14,16-18H2,1-4H3,(H,33,34,35,36). The fourth-order valence-corrected chi connectivity index (χ4v) is 5.55. The van der Waals surface area contributed by atoms with Crippen LogP contribution in [0.5, 0.6) is 11.5 Å². The van der Waals surface area contributed by atoms with Gasteiger partial charge in [0.1, 0.15) is 5.84 Å². The normalized spacial score (nSPS) is 17.5. The lowest BCUT2D eigenvalue weighted by Crippen LogP contribution is -2.45. The van der Waals surface area contributed by atoms with Crippen molar-refractivity contribution in [2.24, 2.45) is 10.9 Å². The number of rotatable bonds is 11. The van der Waals surface area contributed by atoms with Crippen molar-refractivity contribution >= 4 is 23.3 Å². The molecule has 214 valence electrons. The molecule has 1 aromatic heterocycles. The first-order chi connectivity index (χ1) is 19.9. The van der Waals surface area contributed by atoms with Crippen LogP contribution in [0, 0.1) is 5.92 Å². The van der Waals surface area contributed by atoms with Gasteiger partial charge in [-0.25, -0.2) is 0 Å². The topological polar surface area (TPSA) is 109 Å². The summed E-state index contributed by atoms with van der Waals surface area (Å²) in [7, 11) is 3.05. The molecule has 3 heterocycles. The molecule has 2 atom stereocenters. The summed E-state index contributed by atoms with van der Waals surface area (Å²) in [5.41, 5.74) is 2.36. The van der Waals surface area contributed by atoms with Crippen LogP contribution in [0.25, 0.3) is 11.4 Å². The number of amidine groups is 1. The summed E-state index contributed by atoms with van der Waals surface area (Å²) < 4.78 is 10.8. The number of hydrogen-bond donors (Lipinski definition) is 1. The number of nitrogens with zero attached hydrogens (tertiary/aromatic N) is 6. The summed E-state index contributed by atoms with van der Waals surface area (Å²) in [4.78, 5) is 23.2. The lowest BCUT2D eigenvalue weighted by molar-refractivity contribution is 0.0729. The largest absolute Gasteiger partial charge is 0.493 e. The number of aromatic amines is 1. The highest BCUT2D eigenvalue weighted by Gasteiger charge is 2.37. The van der Waals surface area contributed by atoms with Crippen LogP contribution < -0.4 is 9.47 Å². The van der Waals surface area contributed by atoms with E-state index in [-0.39, 0.29) is 23.0 Å². The van der Waals surface area contributed by atoms with E-state index in [0.717, 1.165) is 23.4 Å². The molecule has 0 saturated heterocycles. The van der Waals surface area contributed by atoms with E-state index in [4.69, 9.17) is 26.1 Å².